The van der Waals surface area contributed by atoms with Crippen molar-refractivity contribution in [1.82, 2.24) is 15.8 Å². The van der Waals surface area contributed by atoms with Crippen LogP contribution in [0.5, 0.6) is 0 Å². The number of guanidine groups is 1. The van der Waals surface area contributed by atoms with Crippen molar-refractivity contribution >= 4 is 5.96 Å². The van der Waals surface area contributed by atoms with Crippen molar-refractivity contribution in [1.29, 1.82) is 5.26 Å². The van der Waals surface area contributed by atoms with E-state index in [1.54, 1.807) is 12.1 Å². The number of nitrogens with zero attached hydrogens (tertiary/aromatic N) is 3. The number of nitrogens with one attached hydrogen (secondary N) is 2. The molecule has 2 N–H and O–H groups in total. The Kier molecular flexibility index (Phi) is 7.69. The highest BCUT2D eigenvalue weighted by molar-refractivity contribution is 5.79. The molecule has 6 nitrogen and oxygen atoms in total. The Morgan fingerprint density at radius 1 is 1.19 bits per heavy atom. The minimum Gasteiger partial charge on any atom is -0.359 e. The van der Waals surface area contributed by atoms with Gasteiger partial charge in [0.15, 0.2) is 11.7 Å². The average Bonchev–Trinajstić information content (AvgIpc) is 3.14. The molecule has 2 rings (SSSR count). The molecule has 26 heavy (non-hydrogen) atoms. The smallest absolute Gasteiger partial charge is 0.191 e. The Labute approximate surface area is 155 Å². The predicted octanol–water partition coefficient (Wildman–Crippen LogP) is 3.71. The molecular weight excluding hydrogens is 326 g/mol. The minimum atomic E-state index is 0.450. The van der Waals surface area contributed by atoms with E-state index in [9.17, 15) is 0 Å². The van der Waals surface area contributed by atoms with Gasteiger partial charge >= 0.3 is 0 Å². The van der Waals surface area contributed by atoms with Gasteiger partial charge < -0.3 is 15.2 Å². The van der Waals surface area contributed by atoms with Crippen molar-refractivity contribution in [3.05, 3.63) is 52.9 Å². The Bertz CT molecular complexity index is 738. The standard InChI is InChI=1S/C20H27N5O/c1-4-17(5-2)19-11-18(26-25-19)14-24-20(22-6-3)23-13-16-9-7-15(12-21)8-10-16/h7-11,17H,4-6,13-14H2,1-3H3,(H2,22,23,24). The molecule has 2 aromatic rings. The normalized spacial score (nSPS) is 11.4. The molecule has 0 saturated carbocycles. The van der Waals surface area contributed by atoms with E-state index in [4.69, 9.17) is 9.78 Å². The number of hydrogen-bond acceptors (Lipinski definition) is 4. The summed E-state index contributed by atoms with van der Waals surface area (Å²) in [6.45, 7) is 8.20. The summed E-state index contributed by atoms with van der Waals surface area (Å²) >= 11 is 0. The Morgan fingerprint density at radius 3 is 2.54 bits per heavy atom. The largest absolute Gasteiger partial charge is 0.359 e. The van der Waals surface area contributed by atoms with Crippen LogP contribution in [0.25, 0.3) is 0 Å². The lowest BCUT2D eigenvalue weighted by atomic mass is 9.99. The molecule has 6 heteroatoms. The van der Waals surface area contributed by atoms with E-state index in [2.05, 4.69) is 40.7 Å². The third-order valence-electron chi connectivity index (χ3n) is 4.26. The summed E-state index contributed by atoms with van der Waals surface area (Å²) in [6.07, 6.45) is 2.12. The van der Waals surface area contributed by atoms with E-state index in [0.717, 1.165) is 42.4 Å². The summed E-state index contributed by atoms with van der Waals surface area (Å²) in [6, 6.07) is 11.6. The third kappa shape index (κ3) is 5.62. The maximum absolute atomic E-state index is 8.85. The molecule has 0 amide bonds. The van der Waals surface area contributed by atoms with E-state index in [0.29, 0.717) is 24.6 Å². The maximum Gasteiger partial charge on any atom is 0.191 e. The topological polar surface area (TPSA) is 86.2 Å². The molecule has 0 bridgehead atoms. The summed E-state index contributed by atoms with van der Waals surface area (Å²) in [4.78, 5) is 4.58. The predicted molar refractivity (Wildman–Crippen MR) is 103 cm³/mol. The summed E-state index contributed by atoms with van der Waals surface area (Å²) in [7, 11) is 0. The van der Waals surface area contributed by atoms with E-state index in [-0.39, 0.29) is 0 Å². The summed E-state index contributed by atoms with van der Waals surface area (Å²) in [5.74, 6) is 1.97. The van der Waals surface area contributed by atoms with Crippen molar-refractivity contribution < 1.29 is 4.52 Å². The zero-order chi connectivity index (χ0) is 18.8. The monoisotopic (exact) mass is 353 g/mol. The van der Waals surface area contributed by atoms with Gasteiger partial charge in [-0.3, -0.25) is 0 Å². The van der Waals surface area contributed by atoms with Crippen LogP contribution in [0.2, 0.25) is 0 Å². The minimum absolute atomic E-state index is 0.450. The summed E-state index contributed by atoms with van der Waals surface area (Å²) in [5.41, 5.74) is 2.73. The Morgan fingerprint density at radius 2 is 1.92 bits per heavy atom. The van der Waals surface area contributed by atoms with Crippen molar-refractivity contribution in [2.45, 2.75) is 52.6 Å². The molecule has 1 heterocycles. The van der Waals surface area contributed by atoms with Crippen LogP contribution in [0.1, 0.15) is 62.1 Å². The van der Waals surface area contributed by atoms with Crippen LogP contribution in [-0.2, 0) is 13.1 Å². The Hall–Kier alpha value is -2.81. The van der Waals surface area contributed by atoms with E-state index >= 15 is 0 Å². The summed E-state index contributed by atoms with van der Waals surface area (Å²) < 4.78 is 5.44. The van der Waals surface area contributed by atoms with Crippen LogP contribution in [0.15, 0.2) is 39.8 Å². The highest BCUT2D eigenvalue weighted by atomic mass is 16.5. The van der Waals surface area contributed by atoms with Crippen molar-refractivity contribution in [2.24, 2.45) is 4.99 Å². The lowest BCUT2D eigenvalue weighted by Crippen LogP contribution is -2.36. The van der Waals surface area contributed by atoms with Gasteiger partial charge in [0.1, 0.15) is 0 Å². The van der Waals surface area contributed by atoms with Gasteiger partial charge in [-0.05, 0) is 37.5 Å². The van der Waals surface area contributed by atoms with Gasteiger partial charge in [-0.2, -0.15) is 5.26 Å². The highest BCUT2D eigenvalue weighted by Crippen LogP contribution is 2.22. The number of aliphatic imine (C=N–C) groups is 1. The zero-order valence-corrected chi connectivity index (χ0v) is 15.7. The highest BCUT2D eigenvalue weighted by Gasteiger charge is 2.13. The fourth-order valence-corrected chi connectivity index (χ4v) is 2.68. The number of hydrogen-bond donors (Lipinski definition) is 2. The van der Waals surface area contributed by atoms with Gasteiger partial charge in [0.2, 0.25) is 0 Å². The van der Waals surface area contributed by atoms with Crippen LogP contribution in [0.3, 0.4) is 0 Å². The van der Waals surface area contributed by atoms with Crippen molar-refractivity contribution in [3.8, 4) is 6.07 Å². The fourth-order valence-electron chi connectivity index (χ4n) is 2.68. The molecule has 1 aromatic heterocycles. The van der Waals surface area contributed by atoms with Crippen LogP contribution in [0.4, 0.5) is 0 Å². The second-order valence-corrected chi connectivity index (χ2v) is 6.09. The van der Waals surface area contributed by atoms with Crippen LogP contribution in [-0.4, -0.2) is 17.7 Å². The molecule has 0 radical (unpaired) electrons. The first-order valence-electron chi connectivity index (χ1n) is 9.16. The molecule has 0 fully saturated rings. The number of aromatic nitrogens is 1. The van der Waals surface area contributed by atoms with Gasteiger partial charge in [-0.15, -0.1) is 0 Å². The molecule has 0 saturated heterocycles. The second-order valence-electron chi connectivity index (χ2n) is 6.09. The van der Waals surface area contributed by atoms with Gasteiger partial charge in [0.25, 0.3) is 0 Å². The lowest BCUT2D eigenvalue weighted by molar-refractivity contribution is 0.368. The van der Waals surface area contributed by atoms with E-state index < -0.39 is 0 Å². The first kappa shape index (κ1) is 19.5. The van der Waals surface area contributed by atoms with Crippen LogP contribution >= 0.6 is 0 Å². The molecular formula is C20H27N5O. The van der Waals surface area contributed by atoms with Crippen LogP contribution in [0, 0.1) is 11.3 Å². The van der Waals surface area contributed by atoms with Crippen molar-refractivity contribution in [3.63, 3.8) is 0 Å². The number of nitriles is 1. The van der Waals surface area contributed by atoms with Crippen molar-refractivity contribution in [2.75, 3.05) is 6.54 Å². The SMILES string of the molecule is CCNC(=NCc1ccc(C#N)cc1)NCc1cc(C(CC)CC)no1. The second kappa shape index (κ2) is 10.2. The molecule has 0 spiro atoms. The average molecular weight is 353 g/mol. The summed E-state index contributed by atoms with van der Waals surface area (Å²) in [5, 5.41) is 19.5. The van der Waals surface area contributed by atoms with Gasteiger partial charge in [-0.1, -0.05) is 31.1 Å². The molecule has 0 atom stereocenters. The molecule has 138 valence electrons. The Balaban J connectivity index is 1.95. The molecule has 0 aliphatic carbocycles. The first-order valence-corrected chi connectivity index (χ1v) is 9.16. The van der Waals surface area contributed by atoms with Gasteiger partial charge in [0, 0.05) is 18.5 Å². The molecule has 0 aliphatic heterocycles. The van der Waals surface area contributed by atoms with Crippen LogP contribution < -0.4 is 10.6 Å². The van der Waals surface area contributed by atoms with E-state index in [1.807, 2.05) is 25.1 Å². The molecule has 1 aromatic carbocycles. The number of benzene rings is 1. The first-order chi connectivity index (χ1) is 12.7. The van der Waals surface area contributed by atoms with E-state index in [1.165, 1.54) is 0 Å². The zero-order valence-electron chi connectivity index (χ0n) is 15.7. The van der Waals surface area contributed by atoms with Gasteiger partial charge in [-0.25, -0.2) is 4.99 Å². The lowest BCUT2D eigenvalue weighted by Gasteiger charge is -2.10. The number of rotatable bonds is 8. The molecule has 0 aliphatic rings. The fraction of sp³-hybridized carbons (Fsp3) is 0.450. The maximum atomic E-state index is 8.85. The third-order valence-corrected chi connectivity index (χ3v) is 4.26. The van der Waals surface area contributed by atoms with Gasteiger partial charge in [0.05, 0.1) is 30.4 Å². The quantitative estimate of drug-likeness (QED) is 0.558. The molecule has 0 unspecified atom stereocenters.